The van der Waals surface area contributed by atoms with Gasteiger partial charge in [0.05, 0.1) is 18.7 Å². The van der Waals surface area contributed by atoms with E-state index in [0.29, 0.717) is 13.1 Å². The van der Waals surface area contributed by atoms with Crippen LogP contribution in [-0.4, -0.2) is 48.1 Å². The molecular formula is C14H22N2O2S2. The number of thioether (sulfide) groups is 1. The van der Waals surface area contributed by atoms with Gasteiger partial charge in [-0.3, -0.25) is 4.79 Å². The van der Waals surface area contributed by atoms with Gasteiger partial charge in [0.1, 0.15) is 6.10 Å². The maximum Gasteiger partial charge on any atom is 0.239 e. The predicted molar refractivity (Wildman–Crippen MR) is 85.2 cm³/mol. The average molecular weight is 314 g/mol. The van der Waals surface area contributed by atoms with Crippen molar-refractivity contribution in [2.24, 2.45) is 5.73 Å². The van der Waals surface area contributed by atoms with Gasteiger partial charge in [-0.05, 0) is 47.7 Å². The molecule has 1 aromatic rings. The first-order chi connectivity index (χ1) is 9.61. The molecule has 0 aromatic carbocycles. The summed E-state index contributed by atoms with van der Waals surface area (Å²) < 4.78 is 5.94. The van der Waals surface area contributed by atoms with Crippen LogP contribution in [-0.2, 0) is 9.53 Å². The molecule has 2 rings (SSSR count). The summed E-state index contributed by atoms with van der Waals surface area (Å²) in [5.74, 6) is 0.968. The number of thiophene rings is 1. The predicted octanol–water partition coefficient (Wildman–Crippen LogP) is 2.12. The number of nitrogens with zero attached hydrogens (tertiary/aromatic N) is 1. The van der Waals surface area contributed by atoms with E-state index >= 15 is 0 Å². The first-order valence-corrected chi connectivity index (χ1v) is 9.16. The maximum atomic E-state index is 12.4. The molecule has 2 unspecified atom stereocenters. The first-order valence-electron chi connectivity index (χ1n) is 6.82. The average Bonchev–Trinajstić information content (AvgIpc) is 2.97. The lowest BCUT2D eigenvalue weighted by molar-refractivity contribution is -0.146. The molecule has 1 aromatic heterocycles. The van der Waals surface area contributed by atoms with E-state index in [-0.39, 0.29) is 18.1 Å². The van der Waals surface area contributed by atoms with Crippen molar-refractivity contribution in [2.45, 2.75) is 31.6 Å². The van der Waals surface area contributed by atoms with Crippen LogP contribution in [0.2, 0.25) is 0 Å². The second kappa shape index (κ2) is 7.45. The van der Waals surface area contributed by atoms with Gasteiger partial charge in [0.2, 0.25) is 5.91 Å². The van der Waals surface area contributed by atoms with Crippen molar-refractivity contribution in [2.75, 3.05) is 25.1 Å². The van der Waals surface area contributed by atoms with E-state index in [1.165, 1.54) is 0 Å². The lowest BCUT2D eigenvalue weighted by Gasteiger charge is -2.37. The molecule has 2 N–H and O–H groups in total. The Morgan fingerprint density at radius 2 is 2.45 bits per heavy atom. The van der Waals surface area contributed by atoms with Crippen molar-refractivity contribution in [3.8, 4) is 0 Å². The number of hydrogen-bond acceptors (Lipinski definition) is 5. The molecule has 0 spiro atoms. The first kappa shape index (κ1) is 15.8. The third-order valence-electron chi connectivity index (χ3n) is 3.44. The summed E-state index contributed by atoms with van der Waals surface area (Å²) in [6.45, 7) is 3.24. The number of hydrogen-bond donors (Lipinski definition) is 1. The summed E-state index contributed by atoms with van der Waals surface area (Å²) in [5.41, 5.74) is 7.15. The van der Waals surface area contributed by atoms with E-state index in [0.717, 1.165) is 17.7 Å². The largest absolute Gasteiger partial charge is 0.367 e. The zero-order valence-corrected chi connectivity index (χ0v) is 13.6. The van der Waals surface area contributed by atoms with Crippen LogP contribution in [0.25, 0.3) is 0 Å². The van der Waals surface area contributed by atoms with Crippen molar-refractivity contribution in [1.29, 1.82) is 0 Å². The molecule has 0 bridgehead atoms. The Morgan fingerprint density at radius 3 is 3.10 bits per heavy atom. The van der Waals surface area contributed by atoms with E-state index in [4.69, 9.17) is 10.5 Å². The number of morpholine rings is 1. The van der Waals surface area contributed by atoms with Gasteiger partial charge in [0.15, 0.2) is 0 Å². The molecule has 0 radical (unpaired) electrons. The molecule has 1 aliphatic heterocycles. The Kier molecular flexibility index (Phi) is 5.89. The second-order valence-corrected chi connectivity index (χ2v) is 6.89. The summed E-state index contributed by atoms with van der Waals surface area (Å²) in [6, 6.07) is 1.67. The van der Waals surface area contributed by atoms with E-state index < -0.39 is 6.04 Å². The van der Waals surface area contributed by atoms with Crippen LogP contribution < -0.4 is 5.73 Å². The van der Waals surface area contributed by atoms with Crippen molar-refractivity contribution in [1.82, 2.24) is 4.90 Å². The fourth-order valence-corrected chi connectivity index (χ4v) is 3.57. The number of carbonyl (C=O) groups is 1. The van der Waals surface area contributed by atoms with Crippen molar-refractivity contribution < 1.29 is 9.53 Å². The highest BCUT2D eigenvalue weighted by Gasteiger charge is 2.31. The Labute approximate surface area is 128 Å². The van der Waals surface area contributed by atoms with Crippen molar-refractivity contribution >= 4 is 29.0 Å². The number of amides is 1. The van der Waals surface area contributed by atoms with Crippen LogP contribution in [0.5, 0.6) is 0 Å². The van der Waals surface area contributed by atoms with Gasteiger partial charge in [-0.2, -0.15) is 23.1 Å². The molecule has 1 saturated heterocycles. The van der Waals surface area contributed by atoms with Crippen LogP contribution in [0.3, 0.4) is 0 Å². The van der Waals surface area contributed by atoms with Gasteiger partial charge in [0.25, 0.3) is 0 Å². The normalized spacial score (nSPS) is 24.6. The molecule has 20 heavy (non-hydrogen) atoms. The summed E-state index contributed by atoms with van der Waals surface area (Å²) in [7, 11) is 0. The molecule has 1 fully saturated rings. The summed E-state index contributed by atoms with van der Waals surface area (Å²) in [5, 5.41) is 4.12. The van der Waals surface area contributed by atoms with Gasteiger partial charge < -0.3 is 15.4 Å². The van der Waals surface area contributed by atoms with Gasteiger partial charge >= 0.3 is 0 Å². The Hall–Kier alpha value is -0.560. The van der Waals surface area contributed by atoms with Crippen LogP contribution in [0.15, 0.2) is 16.8 Å². The molecule has 0 aliphatic carbocycles. The summed E-state index contributed by atoms with van der Waals surface area (Å²) in [4.78, 5) is 14.3. The minimum Gasteiger partial charge on any atom is -0.367 e. The Morgan fingerprint density at radius 1 is 1.65 bits per heavy atom. The minimum atomic E-state index is -0.393. The van der Waals surface area contributed by atoms with E-state index in [1.54, 1.807) is 23.1 Å². The molecule has 0 saturated carbocycles. The molecule has 1 amide bonds. The minimum absolute atomic E-state index is 0.0262. The fraction of sp³-hybridized carbons (Fsp3) is 0.643. The number of nitrogens with two attached hydrogens (primary N) is 1. The molecule has 112 valence electrons. The van der Waals surface area contributed by atoms with Gasteiger partial charge in [-0.25, -0.2) is 0 Å². The lowest BCUT2D eigenvalue weighted by Crippen LogP contribution is -2.51. The Balaban J connectivity index is 1.98. The van der Waals surface area contributed by atoms with Crippen LogP contribution in [0.4, 0.5) is 0 Å². The highest BCUT2D eigenvalue weighted by Crippen LogP contribution is 2.27. The van der Waals surface area contributed by atoms with Gasteiger partial charge in [0, 0.05) is 6.54 Å². The zero-order chi connectivity index (χ0) is 14.5. The Bertz CT molecular complexity index is 425. The van der Waals surface area contributed by atoms with Gasteiger partial charge in [-0.1, -0.05) is 0 Å². The number of ether oxygens (including phenoxy) is 1. The van der Waals surface area contributed by atoms with Crippen LogP contribution in [0.1, 0.15) is 25.0 Å². The zero-order valence-electron chi connectivity index (χ0n) is 12.0. The SMILES string of the molecule is CSCC[C@H](N)C(=O)N1CC(C)OC(c2ccsc2)C1. The monoisotopic (exact) mass is 314 g/mol. The number of carbonyl (C=O) groups excluding carboxylic acids is 1. The number of rotatable bonds is 5. The molecule has 1 aliphatic rings. The van der Waals surface area contributed by atoms with Crippen molar-refractivity contribution in [3.05, 3.63) is 22.4 Å². The highest BCUT2D eigenvalue weighted by molar-refractivity contribution is 7.98. The molecule has 2 heterocycles. The topological polar surface area (TPSA) is 55.6 Å². The fourth-order valence-electron chi connectivity index (χ4n) is 2.38. The molecular weight excluding hydrogens is 292 g/mol. The van der Waals surface area contributed by atoms with E-state index in [1.807, 2.05) is 23.5 Å². The molecule has 6 heteroatoms. The quantitative estimate of drug-likeness (QED) is 0.904. The lowest BCUT2D eigenvalue weighted by atomic mass is 10.1. The molecule has 3 atom stereocenters. The summed E-state index contributed by atoms with van der Waals surface area (Å²) >= 11 is 3.37. The third-order valence-corrected chi connectivity index (χ3v) is 4.78. The van der Waals surface area contributed by atoms with Crippen LogP contribution >= 0.6 is 23.1 Å². The van der Waals surface area contributed by atoms with E-state index in [9.17, 15) is 4.79 Å². The standard InChI is InChI=1S/C14H22N2O2S2/c1-10-7-16(14(17)12(15)4-5-19-2)8-13(18-10)11-3-6-20-9-11/h3,6,9-10,12-13H,4-5,7-8,15H2,1-2H3/t10?,12-,13?/m0/s1. The van der Waals surface area contributed by atoms with E-state index in [2.05, 4.69) is 11.4 Å². The van der Waals surface area contributed by atoms with Crippen molar-refractivity contribution in [3.63, 3.8) is 0 Å². The van der Waals surface area contributed by atoms with Crippen LogP contribution in [0, 0.1) is 0 Å². The third kappa shape index (κ3) is 3.97. The maximum absolute atomic E-state index is 12.4. The highest BCUT2D eigenvalue weighted by atomic mass is 32.2. The molecule has 4 nitrogen and oxygen atoms in total. The smallest absolute Gasteiger partial charge is 0.239 e. The second-order valence-electron chi connectivity index (χ2n) is 5.12. The summed E-state index contributed by atoms with van der Waals surface area (Å²) in [6.07, 6.45) is 2.78. The van der Waals surface area contributed by atoms with Gasteiger partial charge in [-0.15, -0.1) is 0 Å².